The van der Waals surface area contributed by atoms with Crippen LogP contribution >= 0.6 is 11.6 Å². The quantitative estimate of drug-likeness (QED) is 0.609. The van der Waals surface area contributed by atoms with Gasteiger partial charge in [0, 0.05) is 12.1 Å². The summed E-state index contributed by atoms with van der Waals surface area (Å²) >= 11 is 6.29. The molecule has 1 amide bonds. The first kappa shape index (κ1) is 19.6. The molecule has 4 nitrogen and oxygen atoms in total. The van der Waals surface area contributed by atoms with Gasteiger partial charge in [0.15, 0.2) is 0 Å². The number of pyridine rings is 1. The van der Waals surface area contributed by atoms with Gasteiger partial charge in [0.2, 0.25) is 0 Å². The third-order valence-corrected chi connectivity index (χ3v) is 5.00. The molecule has 144 valence electrons. The summed E-state index contributed by atoms with van der Waals surface area (Å²) in [4.78, 5) is 18.9. The number of nitrogens with zero attached hydrogens (tertiary/aromatic N) is 2. The molecule has 0 unspecified atom stereocenters. The van der Waals surface area contributed by atoms with E-state index in [0.717, 1.165) is 24.0 Å². The Balaban J connectivity index is 1.98. The number of hydrogen-bond acceptors (Lipinski definition) is 3. The van der Waals surface area contributed by atoms with Crippen molar-refractivity contribution in [3.8, 4) is 11.3 Å². The van der Waals surface area contributed by atoms with Gasteiger partial charge in [-0.2, -0.15) is 0 Å². The monoisotopic (exact) mass is 390 g/mol. The Hall–Kier alpha value is -2.14. The second-order valence-electron chi connectivity index (χ2n) is 8.08. The average molecular weight is 391 g/mol. The predicted molar refractivity (Wildman–Crippen MR) is 104 cm³/mol. The lowest BCUT2D eigenvalue weighted by molar-refractivity contribution is 0.00992. The zero-order valence-electron chi connectivity index (χ0n) is 16.1. The van der Waals surface area contributed by atoms with Crippen LogP contribution in [0.3, 0.4) is 0 Å². The van der Waals surface area contributed by atoms with E-state index < -0.39 is 11.1 Å². The van der Waals surface area contributed by atoms with Crippen LogP contribution in [0.5, 0.6) is 0 Å². The molecule has 6 heteroatoms. The van der Waals surface area contributed by atoms with Crippen molar-refractivity contribution in [1.82, 2.24) is 9.88 Å². The van der Waals surface area contributed by atoms with Gasteiger partial charge < -0.3 is 4.74 Å². The van der Waals surface area contributed by atoms with Crippen molar-refractivity contribution in [2.24, 2.45) is 0 Å². The molecule has 1 aliphatic heterocycles. The summed E-state index contributed by atoms with van der Waals surface area (Å²) in [6.45, 7) is 8.21. The first-order chi connectivity index (χ1) is 12.6. The SMILES string of the molecule is CC(C)(C)OC(=O)N1CCC[C@]1(C)c1cc(Cl)nc(-c2ccc(F)cc2)c1. The molecular formula is C21H24ClFN2O2. The maximum Gasteiger partial charge on any atom is 0.411 e. The lowest BCUT2D eigenvalue weighted by Gasteiger charge is -2.37. The van der Waals surface area contributed by atoms with Crippen molar-refractivity contribution in [2.75, 3.05) is 6.54 Å². The maximum absolute atomic E-state index is 13.2. The van der Waals surface area contributed by atoms with Crippen LogP contribution in [-0.4, -0.2) is 28.1 Å². The minimum absolute atomic E-state index is 0.306. The van der Waals surface area contributed by atoms with E-state index in [0.29, 0.717) is 17.4 Å². The Morgan fingerprint density at radius 2 is 1.93 bits per heavy atom. The first-order valence-electron chi connectivity index (χ1n) is 9.03. The Bertz CT molecular complexity index is 848. The van der Waals surface area contributed by atoms with Crippen LogP contribution < -0.4 is 0 Å². The number of halogens is 2. The van der Waals surface area contributed by atoms with Crippen LogP contribution in [0.25, 0.3) is 11.3 Å². The van der Waals surface area contributed by atoms with Crippen LogP contribution in [-0.2, 0) is 10.3 Å². The van der Waals surface area contributed by atoms with Gasteiger partial charge in [0.05, 0.1) is 11.2 Å². The topological polar surface area (TPSA) is 42.4 Å². The molecule has 1 aromatic carbocycles. The molecule has 3 rings (SSSR count). The highest BCUT2D eigenvalue weighted by Crippen LogP contribution is 2.41. The molecular weight excluding hydrogens is 367 g/mol. The number of carbonyl (C=O) groups excluding carboxylic acids is 1. The summed E-state index contributed by atoms with van der Waals surface area (Å²) in [6, 6.07) is 9.82. The Morgan fingerprint density at radius 3 is 2.56 bits per heavy atom. The Morgan fingerprint density at radius 1 is 1.26 bits per heavy atom. The van der Waals surface area contributed by atoms with Crippen LogP contribution in [0.15, 0.2) is 36.4 Å². The zero-order chi connectivity index (χ0) is 19.8. The smallest absolute Gasteiger partial charge is 0.411 e. The molecule has 0 spiro atoms. The molecule has 1 aromatic heterocycles. The van der Waals surface area contributed by atoms with Gasteiger partial charge in [-0.05, 0) is 82.5 Å². The van der Waals surface area contributed by atoms with Crippen LogP contribution in [0.1, 0.15) is 46.1 Å². The number of rotatable bonds is 2. The summed E-state index contributed by atoms with van der Waals surface area (Å²) in [5.74, 6) is -0.306. The number of likely N-dealkylation sites (tertiary alicyclic amines) is 1. The van der Waals surface area contributed by atoms with E-state index in [1.807, 2.05) is 33.8 Å². The fourth-order valence-corrected chi connectivity index (χ4v) is 3.66. The van der Waals surface area contributed by atoms with Gasteiger partial charge >= 0.3 is 6.09 Å². The summed E-state index contributed by atoms with van der Waals surface area (Å²) in [5, 5.41) is 0.337. The number of hydrogen-bond donors (Lipinski definition) is 0. The summed E-state index contributed by atoms with van der Waals surface area (Å²) in [6.07, 6.45) is 1.34. The average Bonchev–Trinajstić information content (AvgIpc) is 2.97. The third-order valence-electron chi connectivity index (χ3n) is 4.81. The Labute approximate surface area is 164 Å². The molecule has 1 saturated heterocycles. The zero-order valence-corrected chi connectivity index (χ0v) is 16.8. The molecule has 0 bridgehead atoms. The van der Waals surface area contributed by atoms with Crippen molar-refractivity contribution >= 4 is 17.7 Å². The highest BCUT2D eigenvalue weighted by molar-refractivity contribution is 6.29. The van der Waals surface area contributed by atoms with Gasteiger partial charge in [-0.1, -0.05) is 11.6 Å². The lowest BCUT2D eigenvalue weighted by atomic mass is 9.89. The van der Waals surface area contributed by atoms with Crippen LogP contribution in [0.2, 0.25) is 5.15 Å². The normalized spacial score (nSPS) is 20.0. The molecule has 0 radical (unpaired) electrons. The van der Waals surface area contributed by atoms with Gasteiger partial charge in [-0.25, -0.2) is 14.2 Å². The third kappa shape index (κ3) is 4.24. The van der Waals surface area contributed by atoms with E-state index >= 15 is 0 Å². The van der Waals surface area contributed by atoms with Crippen LogP contribution in [0, 0.1) is 5.82 Å². The number of aromatic nitrogens is 1. The van der Waals surface area contributed by atoms with Crippen LogP contribution in [0.4, 0.5) is 9.18 Å². The first-order valence-corrected chi connectivity index (χ1v) is 9.41. The van der Waals surface area contributed by atoms with E-state index in [-0.39, 0.29) is 11.9 Å². The van der Waals surface area contributed by atoms with Gasteiger partial charge in [-0.3, -0.25) is 4.90 Å². The van der Waals surface area contributed by atoms with Crippen molar-refractivity contribution in [3.63, 3.8) is 0 Å². The molecule has 0 N–H and O–H groups in total. The van der Waals surface area contributed by atoms with Gasteiger partial charge in [0.1, 0.15) is 16.6 Å². The molecule has 0 saturated carbocycles. The van der Waals surface area contributed by atoms with Crippen molar-refractivity contribution in [1.29, 1.82) is 0 Å². The van der Waals surface area contributed by atoms with E-state index in [4.69, 9.17) is 16.3 Å². The van der Waals surface area contributed by atoms with Crippen molar-refractivity contribution in [3.05, 3.63) is 52.9 Å². The second-order valence-corrected chi connectivity index (χ2v) is 8.47. The lowest BCUT2D eigenvalue weighted by Crippen LogP contribution is -2.45. The number of carbonyl (C=O) groups is 1. The van der Waals surface area contributed by atoms with Gasteiger partial charge in [0.25, 0.3) is 0 Å². The fourth-order valence-electron chi connectivity index (χ4n) is 3.45. The summed E-state index contributed by atoms with van der Waals surface area (Å²) in [7, 11) is 0. The number of ether oxygens (including phenoxy) is 1. The summed E-state index contributed by atoms with van der Waals surface area (Å²) < 4.78 is 18.8. The second kappa shape index (κ2) is 7.12. The summed E-state index contributed by atoms with van der Waals surface area (Å²) in [5.41, 5.74) is 1.21. The highest BCUT2D eigenvalue weighted by Gasteiger charge is 2.43. The molecule has 0 aliphatic carbocycles. The number of amides is 1. The Kier molecular flexibility index (Phi) is 5.17. The van der Waals surface area contributed by atoms with Gasteiger partial charge in [-0.15, -0.1) is 0 Å². The van der Waals surface area contributed by atoms with E-state index in [2.05, 4.69) is 4.98 Å². The van der Waals surface area contributed by atoms with Crippen molar-refractivity contribution < 1.29 is 13.9 Å². The molecule has 1 atom stereocenters. The maximum atomic E-state index is 13.2. The highest BCUT2D eigenvalue weighted by atomic mass is 35.5. The standard InChI is InChI=1S/C21H24ClFN2O2/c1-20(2,3)27-19(26)25-11-5-10-21(25,4)15-12-17(24-18(22)13-15)14-6-8-16(23)9-7-14/h6-9,12-13H,5,10-11H2,1-4H3/t21-/m1/s1. The number of benzene rings is 1. The molecule has 1 aliphatic rings. The van der Waals surface area contributed by atoms with E-state index in [1.54, 1.807) is 23.1 Å². The van der Waals surface area contributed by atoms with E-state index in [1.165, 1.54) is 12.1 Å². The molecule has 2 heterocycles. The predicted octanol–water partition coefficient (Wildman–Crippen LogP) is 5.79. The molecule has 27 heavy (non-hydrogen) atoms. The fraction of sp³-hybridized carbons (Fsp3) is 0.429. The minimum Gasteiger partial charge on any atom is -0.444 e. The molecule has 1 fully saturated rings. The van der Waals surface area contributed by atoms with E-state index in [9.17, 15) is 9.18 Å². The minimum atomic E-state index is -0.560. The largest absolute Gasteiger partial charge is 0.444 e. The van der Waals surface area contributed by atoms with Crippen molar-refractivity contribution in [2.45, 2.75) is 51.7 Å². The molecule has 2 aromatic rings.